The molecule has 230 valence electrons. The van der Waals surface area contributed by atoms with Gasteiger partial charge in [0.25, 0.3) is 9.84 Å². The molecule has 0 aromatic heterocycles. The molecule has 0 atom stereocenters. The maximum absolute atomic E-state index is 14.1. The first-order chi connectivity index (χ1) is 18.2. The number of alkyl halides is 12. The quantitative estimate of drug-likeness (QED) is 0.269. The zero-order chi connectivity index (χ0) is 32.0. The first-order valence-electron chi connectivity index (χ1n) is 9.62. The first-order valence-corrected chi connectivity index (χ1v) is 12.5. The van der Waals surface area contributed by atoms with Crippen molar-refractivity contribution in [3.05, 3.63) is 48.3 Å². The van der Waals surface area contributed by atoms with Gasteiger partial charge in [0.1, 0.15) is 0 Å². The van der Waals surface area contributed by atoms with Gasteiger partial charge in [0, 0.05) is 17.4 Å². The van der Waals surface area contributed by atoms with E-state index in [1.165, 1.54) is 0 Å². The van der Waals surface area contributed by atoms with Crippen LogP contribution in [0.1, 0.15) is 0 Å². The van der Waals surface area contributed by atoms with Gasteiger partial charge in [0.2, 0.25) is 0 Å². The molecule has 0 unspecified atom stereocenters. The number of nitrogens with one attached hydrogen (secondary N) is 2. The average molecular weight is 660 g/mol. The Balaban J connectivity index is 2.20. The zero-order valence-corrected chi connectivity index (χ0v) is 20.4. The summed E-state index contributed by atoms with van der Waals surface area (Å²) in [5, 5.41) is -3.55. The Labute approximate surface area is 219 Å². The highest BCUT2D eigenvalue weighted by molar-refractivity contribution is 7.92. The third-order valence-electron chi connectivity index (χ3n) is 4.55. The van der Waals surface area contributed by atoms with Crippen molar-refractivity contribution in [1.82, 2.24) is 0 Å². The highest BCUT2D eigenvalue weighted by Crippen LogP contribution is 2.55. The number of amides is 2. The number of urea groups is 1. The molecule has 0 aliphatic rings. The van der Waals surface area contributed by atoms with E-state index in [1.54, 1.807) is 5.32 Å². The van der Waals surface area contributed by atoms with Crippen molar-refractivity contribution in [3.63, 3.8) is 0 Å². The van der Waals surface area contributed by atoms with Gasteiger partial charge in [-0.3, -0.25) is 0 Å². The summed E-state index contributed by atoms with van der Waals surface area (Å²) < 4.78 is 217. The number of sulfone groups is 1. The molecule has 2 amide bonds. The minimum atomic E-state index is -7.64. The fraction of sp³-hybridized carbons (Fsp3) is 0.278. The van der Waals surface area contributed by atoms with E-state index in [0.29, 0.717) is 30.3 Å². The van der Waals surface area contributed by atoms with E-state index < -0.39 is 76.9 Å². The molecular weight excluding hydrogens is 651 g/mol. The van der Waals surface area contributed by atoms with Gasteiger partial charge in [-0.05, 0) is 36.4 Å². The summed E-state index contributed by atoms with van der Waals surface area (Å²) in [6, 6.07) is 1.52. The smallest absolute Gasteiger partial charge is 0.375 e. The molecule has 0 fully saturated rings. The Morgan fingerprint density at radius 1 is 0.683 bits per heavy atom. The van der Waals surface area contributed by atoms with Crippen molar-refractivity contribution in [1.29, 1.82) is 0 Å². The standard InChI is InChI=1S/C18H9F13N2O6S2/c19-11-7-9(33-13(34)32-8-1-4-10(5-2-8)40(35,36)18(29,30)31)3-6-12(11)39-41(37,38)17(27,28)15(22,23)14(20,21)16(24,25)26/h1-7H,(H2,32,33,34). The van der Waals surface area contributed by atoms with Gasteiger partial charge >= 0.3 is 44.9 Å². The Bertz CT molecular complexity index is 1520. The number of hydrogen-bond acceptors (Lipinski definition) is 6. The summed E-state index contributed by atoms with van der Waals surface area (Å²) in [5.74, 6) is -19.2. The van der Waals surface area contributed by atoms with Crippen LogP contribution in [0, 0.1) is 5.82 Å². The summed E-state index contributed by atoms with van der Waals surface area (Å²) in [5.41, 5.74) is -6.67. The molecule has 0 radical (unpaired) electrons. The summed E-state index contributed by atoms with van der Waals surface area (Å²) in [4.78, 5) is 10.7. The molecule has 8 nitrogen and oxygen atoms in total. The molecule has 2 aromatic rings. The van der Waals surface area contributed by atoms with E-state index in [4.69, 9.17) is 0 Å². The molecule has 0 saturated carbocycles. The second-order valence-electron chi connectivity index (χ2n) is 7.40. The maximum Gasteiger partial charge on any atom is 0.501 e. The van der Waals surface area contributed by atoms with Gasteiger partial charge < -0.3 is 14.8 Å². The predicted octanol–water partition coefficient (Wildman–Crippen LogP) is 5.90. The van der Waals surface area contributed by atoms with Crippen LogP contribution in [-0.2, 0) is 20.0 Å². The Kier molecular flexibility index (Phi) is 8.55. The van der Waals surface area contributed by atoms with Crippen molar-refractivity contribution in [2.75, 3.05) is 10.6 Å². The number of carbonyl (C=O) groups is 1. The summed E-state index contributed by atoms with van der Waals surface area (Å²) >= 11 is 0. The second kappa shape index (κ2) is 10.4. The number of rotatable bonds is 8. The van der Waals surface area contributed by atoms with E-state index in [9.17, 15) is 78.7 Å². The minimum absolute atomic E-state index is 0.0510. The molecule has 23 heteroatoms. The average Bonchev–Trinajstić information content (AvgIpc) is 2.79. The topological polar surface area (TPSA) is 119 Å². The molecule has 0 aliphatic heterocycles. The Hall–Kier alpha value is -3.50. The highest BCUT2D eigenvalue weighted by Gasteiger charge is 2.86. The third kappa shape index (κ3) is 6.23. The lowest BCUT2D eigenvalue weighted by Crippen LogP contribution is -2.63. The zero-order valence-electron chi connectivity index (χ0n) is 18.7. The van der Waals surface area contributed by atoms with Crippen LogP contribution >= 0.6 is 0 Å². The van der Waals surface area contributed by atoms with Gasteiger partial charge in [-0.15, -0.1) is 0 Å². The van der Waals surface area contributed by atoms with Crippen LogP contribution in [0.25, 0.3) is 0 Å². The molecule has 0 aliphatic carbocycles. The van der Waals surface area contributed by atoms with E-state index in [1.807, 2.05) is 5.32 Å². The lowest BCUT2D eigenvalue weighted by molar-refractivity contribution is -0.382. The molecule has 2 rings (SSSR count). The van der Waals surface area contributed by atoms with Crippen molar-refractivity contribution >= 4 is 37.4 Å². The Morgan fingerprint density at radius 2 is 1.15 bits per heavy atom. The van der Waals surface area contributed by atoms with Gasteiger partial charge in [-0.2, -0.15) is 61.1 Å². The van der Waals surface area contributed by atoms with Crippen molar-refractivity contribution in [2.45, 2.75) is 33.7 Å². The molecule has 2 N–H and O–H groups in total. The minimum Gasteiger partial charge on any atom is -0.375 e. The van der Waals surface area contributed by atoms with Crippen molar-refractivity contribution < 1.29 is 82.9 Å². The maximum atomic E-state index is 14.1. The van der Waals surface area contributed by atoms with E-state index in [0.717, 1.165) is 0 Å². The monoisotopic (exact) mass is 660 g/mol. The molecule has 2 aromatic carbocycles. The second-order valence-corrected chi connectivity index (χ2v) is 10.9. The van der Waals surface area contributed by atoms with Crippen molar-refractivity contribution in [3.8, 4) is 5.75 Å². The third-order valence-corrected chi connectivity index (χ3v) is 7.33. The van der Waals surface area contributed by atoms with Crippen LogP contribution in [0.3, 0.4) is 0 Å². The van der Waals surface area contributed by atoms with Gasteiger partial charge in [0.15, 0.2) is 11.6 Å². The number of hydrogen-bond donors (Lipinski definition) is 2. The SMILES string of the molecule is O=C(Nc1ccc(S(=O)(=O)C(F)(F)F)cc1)Nc1ccc(OS(=O)(=O)C(F)(F)C(F)(F)C(F)(F)C(F)(F)F)c(F)c1. The lowest BCUT2D eigenvalue weighted by Gasteiger charge is -2.32. The van der Waals surface area contributed by atoms with Crippen LogP contribution in [0.5, 0.6) is 5.75 Å². The molecule has 0 heterocycles. The number of halogens is 13. The van der Waals surface area contributed by atoms with Gasteiger partial charge in [-0.25, -0.2) is 17.6 Å². The van der Waals surface area contributed by atoms with Crippen LogP contribution in [0.15, 0.2) is 47.4 Å². The molecule has 0 bridgehead atoms. The largest absolute Gasteiger partial charge is 0.501 e. The van der Waals surface area contributed by atoms with E-state index in [-0.39, 0.29) is 17.8 Å². The molecule has 41 heavy (non-hydrogen) atoms. The first kappa shape index (κ1) is 33.7. The molecular formula is C18H9F13N2O6S2. The van der Waals surface area contributed by atoms with Crippen LogP contribution < -0.4 is 14.8 Å². The fourth-order valence-corrected chi connectivity index (χ4v) is 4.16. The number of anilines is 2. The fourth-order valence-electron chi connectivity index (χ4n) is 2.48. The Morgan fingerprint density at radius 3 is 1.59 bits per heavy atom. The molecule has 0 saturated heterocycles. The van der Waals surface area contributed by atoms with Crippen LogP contribution in [0.4, 0.5) is 73.2 Å². The van der Waals surface area contributed by atoms with Crippen LogP contribution in [-0.4, -0.2) is 51.7 Å². The van der Waals surface area contributed by atoms with Gasteiger partial charge in [0.05, 0.1) is 4.90 Å². The van der Waals surface area contributed by atoms with E-state index in [2.05, 4.69) is 4.18 Å². The summed E-state index contributed by atoms with van der Waals surface area (Å²) in [6.45, 7) is 0. The number of benzene rings is 2. The van der Waals surface area contributed by atoms with Gasteiger partial charge in [-0.1, -0.05) is 0 Å². The molecule has 0 spiro atoms. The van der Waals surface area contributed by atoms with Crippen molar-refractivity contribution in [2.24, 2.45) is 0 Å². The normalized spacial score (nSPS) is 14.0. The lowest BCUT2D eigenvalue weighted by atomic mass is 10.1. The van der Waals surface area contributed by atoms with E-state index >= 15 is 0 Å². The highest BCUT2D eigenvalue weighted by atomic mass is 32.2. The number of carbonyl (C=O) groups excluding carboxylic acids is 1. The van der Waals surface area contributed by atoms with Crippen LogP contribution in [0.2, 0.25) is 0 Å². The summed E-state index contributed by atoms with van der Waals surface area (Å²) in [7, 11) is -13.2. The summed E-state index contributed by atoms with van der Waals surface area (Å²) in [6.07, 6.45) is -7.35. The predicted molar refractivity (Wildman–Crippen MR) is 109 cm³/mol.